The van der Waals surface area contributed by atoms with E-state index in [0.29, 0.717) is 0 Å². The first kappa shape index (κ1) is 11.9. The molecule has 1 aromatic heterocycles. The van der Waals surface area contributed by atoms with Gasteiger partial charge >= 0.3 is 0 Å². The SMILES string of the molecule is CC(C)(CCl)C(=O)Nc1cccc2[nH]ncc12. The predicted octanol–water partition coefficient (Wildman–Crippen LogP) is 2.77. The number of aromatic nitrogens is 2. The number of alkyl halides is 1. The second kappa shape index (κ2) is 4.37. The summed E-state index contributed by atoms with van der Waals surface area (Å²) in [5.74, 6) is 0.182. The summed E-state index contributed by atoms with van der Waals surface area (Å²) in [7, 11) is 0. The average Bonchev–Trinajstić information content (AvgIpc) is 2.78. The van der Waals surface area contributed by atoms with E-state index in [2.05, 4.69) is 15.5 Å². The van der Waals surface area contributed by atoms with E-state index in [-0.39, 0.29) is 11.8 Å². The number of carbonyl (C=O) groups excluding carboxylic acids is 1. The molecule has 2 aromatic rings. The third-order valence-electron chi connectivity index (χ3n) is 2.68. The highest BCUT2D eigenvalue weighted by Crippen LogP contribution is 2.24. The largest absolute Gasteiger partial charge is 0.325 e. The molecule has 0 aliphatic carbocycles. The second-order valence-corrected chi connectivity index (χ2v) is 4.88. The number of hydrogen-bond acceptors (Lipinski definition) is 2. The zero-order chi connectivity index (χ0) is 12.5. The number of aromatic amines is 1. The van der Waals surface area contributed by atoms with Crippen LogP contribution >= 0.6 is 11.6 Å². The Labute approximate surface area is 104 Å². The van der Waals surface area contributed by atoms with Gasteiger partial charge in [-0.25, -0.2) is 0 Å². The van der Waals surface area contributed by atoms with Gasteiger partial charge in [-0.2, -0.15) is 5.10 Å². The number of fused-ring (bicyclic) bond motifs is 1. The molecule has 1 aromatic carbocycles. The van der Waals surface area contributed by atoms with Gasteiger partial charge in [-0.15, -0.1) is 11.6 Å². The maximum absolute atomic E-state index is 12.0. The molecule has 0 radical (unpaired) electrons. The van der Waals surface area contributed by atoms with Gasteiger partial charge in [0.25, 0.3) is 0 Å². The quantitative estimate of drug-likeness (QED) is 0.824. The molecule has 90 valence electrons. The lowest BCUT2D eigenvalue weighted by Crippen LogP contribution is -2.32. The van der Waals surface area contributed by atoms with Crippen LogP contribution in [0.2, 0.25) is 0 Å². The molecule has 5 heteroatoms. The number of carbonyl (C=O) groups is 1. The third-order valence-corrected chi connectivity index (χ3v) is 3.35. The van der Waals surface area contributed by atoms with Crippen LogP contribution in [0.4, 0.5) is 5.69 Å². The highest BCUT2D eigenvalue weighted by molar-refractivity contribution is 6.20. The molecule has 0 saturated carbocycles. The summed E-state index contributed by atoms with van der Waals surface area (Å²) in [6.07, 6.45) is 1.69. The van der Waals surface area contributed by atoms with E-state index >= 15 is 0 Å². The van der Waals surface area contributed by atoms with Crippen molar-refractivity contribution in [2.24, 2.45) is 5.41 Å². The number of amides is 1. The summed E-state index contributed by atoms with van der Waals surface area (Å²) in [6.45, 7) is 3.62. The first-order chi connectivity index (χ1) is 8.04. The molecule has 0 spiro atoms. The van der Waals surface area contributed by atoms with Gasteiger partial charge in [0.1, 0.15) is 0 Å². The van der Waals surface area contributed by atoms with Crippen LogP contribution < -0.4 is 5.32 Å². The van der Waals surface area contributed by atoms with E-state index in [1.807, 2.05) is 32.0 Å². The van der Waals surface area contributed by atoms with Crippen molar-refractivity contribution in [1.82, 2.24) is 10.2 Å². The maximum Gasteiger partial charge on any atom is 0.231 e. The zero-order valence-electron chi connectivity index (χ0n) is 9.75. The molecule has 0 aliphatic rings. The fourth-order valence-corrected chi connectivity index (χ4v) is 1.55. The molecule has 2 N–H and O–H groups in total. The summed E-state index contributed by atoms with van der Waals surface area (Å²) < 4.78 is 0. The summed E-state index contributed by atoms with van der Waals surface area (Å²) in [6, 6.07) is 5.62. The lowest BCUT2D eigenvalue weighted by atomic mass is 9.95. The van der Waals surface area contributed by atoms with Crippen LogP contribution in [0.15, 0.2) is 24.4 Å². The van der Waals surface area contributed by atoms with Crippen LogP contribution in [-0.4, -0.2) is 22.0 Å². The van der Waals surface area contributed by atoms with Gasteiger partial charge in [0, 0.05) is 11.3 Å². The Balaban J connectivity index is 2.30. The van der Waals surface area contributed by atoms with Gasteiger partial charge in [0.15, 0.2) is 0 Å². The fraction of sp³-hybridized carbons (Fsp3) is 0.333. The van der Waals surface area contributed by atoms with E-state index in [4.69, 9.17) is 11.6 Å². The van der Waals surface area contributed by atoms with Gasteiger partial charge in [-0.3, -0.25) is 9.89 Å². The van der Waals surface area contributed by atoms with E-state index in [1.54, 1.807) is 6.20 Å². The minimum atomic E-state index is -0.590. The Hall–Kier alpha value is -1.55. The van der Waals surface area contributed by atoms with E-state index in [1.165, 1.54) is 0 Å². The molecule has 17 heavy (non-hydrogen) atoms. The van der Waals surface area contributed by atoms with Crippen molar-refractivity contribution >= 4 is 34.1 Å². The molecule has 0 unspecified atom stereocenters. The van der Waals surface area contributed by atoms with Crippen molar-refractivity contribution in [3.05, 3.63) is 24.4 Å². The van der Waals surface area contributed by atoms with Gasteiger partial charge < -0.3 is 5.32 Å². The van der Waals surface area contributed by atoms with Crippen LogP contribution in [0.5, 0.6) is 0 Å². The number of nitrogens with one attached hydrogen (secondary N) is 2. The predicted molar refractivity (Wildman–Crippen MR) is 69.2 cm³/mol. The summed E-state index contributed by atoms with van der Waals surface area (Å²) in [5, 5.41) is 10.6. The van der Waals surface area contributed by atoms with Crippen molar-refractivity contribution < 1.29 is 4.79 Å². The van der Waals surface area contributed by atoms with Crippen LogP contribution in [0.1, 0.15) is 13.8 Å². The number of hydrogen-bond donors (Lipinski definition) is 2. The zero-order valence-corrected chi connectivity index (χ0v) is 10.5. The molecule has 0 atom stereocenters. The molecule has 2 rings (SSSR count). The lowest BCUT2D eigenvalue weighted by Gasteiger charge is -2.20. The fourth-order valence-electron chi connectivity index (χ4n) is 1.43. The molecular weight excluding hydrogens is 238 g/mol. The van der Waals surface area contributed by atoms with E-state index < -0.39 is 5.41 Å². The Bertz CT molecular complexity index is 547. The number of anilines is 1. The maximum atomic E-state index is 12.0. The minimum absolute atomic E-state index is 0.0961. The summed E-state index contributed by atoms with van der Waals surface area (Å²) in [4.78, 5) is 12.0. The van der Waals surface area contributed by atoms with Crippen molar-refractivity contribution in [2.45, 2.75) is 13.8 Å². The molecular formula is C12H14ClN3O. The topological polar surface area (TPSA) is 57.8 Å². The number of rotatable bonds is 3. The molecule has 0 saturated heterocycles. The monoisotopic (exact) mass is 251 g/mol. The Morgan fingerprint density at radius 1 is 1.53 bits per heavy atom. The molecule has 1 amide bonds. The van der Waals surface area contributed by atoms with Gasteiger partial charge in [-0.1, -0.05) is 6.07 Å². The smallest absolute Gasteiger partial charge is 0.231 e. The summed E-state index contributed by atoms with van der Waals surface area (Å²) >= 11 is 5.77. The average molecular weight is 252 g/mol. The highest BCUT2D eigenvalue weighted by atomic mass is 35.5. The number of benzene rings is 1. The lowest BCUT2D eigenvalue weighted by molar-refractivity contribution is -0.122. The van der Waals surface area contributed by atoms with Crippen LogP contribution in [0.25, 0.3) is 10.9 Å². The van der Waals surface area contributed by atoms with Crippen LogP contribution in [0, 0.1) is 5.41 Å². The van der Waals surface area contributed by atoms with Gasteiger partial charge in [0.2, 0.25) is 5.91 Å². The van der Waals surface area contributed by atoms with Crippen molar-refractivity contribution in [3.8, 4) is 0 Å². The molecule has 0 bridgehead atoms. The van der Waals surface area contributed by atoms with Crippen molar-refractivity contribution in [1.29, 1.82) is 0 Å². The van der Waals surface area contributed by atoms with E-state index in [0.717, 1.165) is 16.6 Å². The van der Waals surface area contributed by atoms with Crippen molar-refractivity contribution in [3.63, 3.8) is 0 Å². The Morgan fingerprint density at radius 3 is 3.00 bits per heavy atom. The standard InChI is InChI=1S/C12H14ClN3O/c1-12(2,7-13)11(17)15-9-4-3-5-10-8(9)6-14-16-10/h3-6H,7H2,1-2H3,(H,14,16)(H,15,17). The summed E-state index contributed by atoms with van der Waals surface area (Å²) in [5.41, 5.74) is 1.05. The number of nitrogens with zero attached hydrogens (tertiary/aromatic N) is 1. The highest BCUT2D eigenvalue weighted by Gasteiger charge is 2.26. The Morgan fingerprint density at radius 2 is 2.29 bits per heavy atom. The molecule has 4 nitrogen and oxygen atoms in total. The van der Waals surface area contributed by atoms with Crippen LogP contribution in [-0.2, 0) is 4.79 Å². The van der Waals surface area contributed by atoms with Crippen molar-refractivity contribution in [2.75, 3.05) is 11.2 Å². The van der Waals surface area contributed by atoms with Crippen LogP contribution in [0.3, 0.4) is 0 Å². The normalized spacial score (nSPS) is 11.7. The van der Waals surface area contributed by atoms with E-state index in [9.17, 15) is 4.79 Å². The van der Waals surface area contributed by atoms with Gasteiger partial charge in [-0.05, 0) is 26.0 Å². The third kappa shape index (κ3) is 2.26. The molecule has 1 heterocycles. The number of halogens is 1. The first-order valence-corrected chi connectivity index (χ1v) is 5.87. The van der Waals surface area contributed by atoms with Gasteiger partial charge in [0.05, 0.1) is 22.8 Å². The molecule has 0 aliphatic heterocycles. The minimum Gasteiger partial charge on any atom is -0.325 e. The Kier molecular flexibility index (Phi) is 3.07. The second-order valence-electron chi connectivity index (χ2n) is 4.61. The number of H-pyrrole nitrogens is 1. The first-order valence-electron chi connectivity index (χ1n) is 5.34. The molecule has 0 fully saturated rings.